The lowest BCUT2D eigenvalue weighted by Crippen LogP contribution is -2.25. The maximum Gasteiger partial charge on any atom is 0.243 e. The SMILES string of the molecule is CCN(CCCCCNC(=O)/C=C/c1ccc(SC)cc1)Cc1ccccc1. The van der Waals surface area contributed by atoms with E-state index in [-0.39, 0.29) is 5.91 Å². The number of nitrogens with one attached hydrogen (secondary N) is 1. The van der Waals surface area contributed by atoms with Gasteiger partial charge in [-0.25, -0.2) is 0 Å². The molecule has 28 heavy (non-hydrogen) atoms. The summed E-state index contributed by atoms with van der Waals surface area (Å²) in [6.07, 6.45) is 8.85. The van der Waals surface area contributed by atoms with Crippen molar-refractivity contribution >= 4 is 23.7 Å². The fourth-order valence-electron chi connectivity index (χ4n) is 2.99. The monoisotopic (exact) mass is 396 g/mol. The van der Waals surface area contributed by atoms with Crippen molar-refractivity contribution in [3.8, 4) is 0 Å². The third kappa shape index (κ3) is 8.77. The highest BCUT2D eigenvalue weighted by molar-refractivity contribution is 7.98. The van der Waals surface area contributed by atoms with Crippen molar-refractivity contribution in [1.29, 1.82) is 0 Å². The summed E-state index contributed by atoms with van der Waals surface area (Å²) in [6, 6.07) is 18.8. The van der Waals surface area contributed by atoms with E-state index in [1.54, 1.807) is 17.8 Å². The Labute approximate surface area is 174 Å². The Balaban J connectivity index is 1.57. The van der Waals surface area contributed by atoms with Gasteiger partial charge in [-0.1, -0.05) is 55.8 Å². The molecule has 2 aromatic carbocycles. The van der Waals surface area contributed by atoms with Crippen LogP contribution in [0.4, 0.5) is 0 Å². The molecule has 2 rings (SSSR count). The van der Waals surface area contributed by atoms with Crippen LogP contribution in [0.5, 0.6) is 0 Å². The van der Waals surface area contributed by atoms with Crippen molar-refractivity contribution < 1.29 is 4.79 Å². The van der Waals surface area contributed by atoms with Crippen LogP contribution in [0.1, 0.15) is 37.3 Å². The van der Waals surface area contributed by atoms with Gasteiger partial charge < -0.3 is 5.32 Å². The molecule has 0 aromatic heterocycles. The van der Waals surface area contributed by atoms with E-state index in [2.05, 4.69) is 65.9 Å². The Hall–Kier alpha value is -2.04. The van der Waals surface area contributed by atoms with E-state index in [4.69, 9.17) is 0 Å². The van der Waals surface area contributed by atoms with E-state index in [1.807, 2.05) is 18.2 Å². The largest absolute Gasteiger partial charge is 0.353 e. The number of rotatable bonds is 12. The zero-order chi connectivity index (χ0) is 20.0. The summed E-state index contributed by atoms with van der Waals surface area (Å²) >= 11 is 1.72. The van der Waals surface area contributed by atoms with Crippen molar-refractivity contribution in [3.63, 3.8) is 0 Å². The number of carbonyl (C=O) groups excluding carboxylic acids is 1. The van der Waals surface area contributed by atoms with Crippen molar-refractivity contribution in [2.75, 3.05) is 25.9 Å². The Kier molecular flexibility index (Phi) is 10.5. The van der Waals surface area contributed by atoms with Gasteiger partial charge in [-0.2, -0.15) is 0 Å². The molecule has 2 aromatic rings. The lowest BCUT2D eigenvalue weighted by atomic mass is 10.2. The average molecular weight is 397 g/mol. The number of hydrogen-bond donors (Lipinski definition) is 1. The van der Waals surface area contributed by atoms with Crippen LogP contribution in [0.2, 0.25) is 0 Å². The molecule has 0 heterocycles. The van der Waals surface area contributed by atoms with Crippen LogP contribution >= 0.6 is 11.8 Å². The van der Waals surface area contributed by atoms with Crippen LogP contribution in [-0.4, -0.2) is 36.7 Å². The van der Waals surface area contributed by atoms with Crippen LogP contribution < -0.4 is 5.32 Å². The zero-order valence-electron chi connectivity index (χ0n) is 17.1. The first kappa shape index (κ1) is 22.3. The number of benzene rings is 2. The summed E-state index contributed by atoms with van der Waals surface area (Å²) in [7, 11) is 0. The van der Waals surface area contributed by atoms with Crippen LogP contribution in [0.3, 0.4) is 0 Å². The van der Waals surface area contributed by atoms with Gasteiger partial charge in [-0.05, 0) is 61.5 Å². The second kappa shape index (κ2) is 13.2. The van der Waals surface area contributed by atoms with Gasteiger partial charge >= 0.3 is 0 Å². The minimum absolute atomic E-state index is 0.0202. The van der Waals surface area contributed by atoms with Crippen molar-refractivity contribution in [1.82, 2.24) is 10.2 Å². The summed E-state index contributed by atoms with van der Waals surface area (Å²) in [6.45, 7) is 6.12. The number of nitrogens with zero attached hydrogens (tertiary/aromatic N) is 1. The molecule has 0 aliphatic carbocycles. The van der Waals surface area contributed by atoms with Crippen LogP contribution in [-0.2, 0) is 11.3 Å². The van der Waals surface area contributed by atoms with E-state index in [9.17, 15) is 4.79 Å². The second-order valence-corrected chi connectivity index (χ2v) is 7.69. The van der Waals surface area contributed by atoms with E-state index in [0.29, 0.717) is 0 Å². The first-order valence-electron chi connectivity index (χ1n) is 10.1. The number of thioether (sulfide) groups is 1. The summed E-state index contributed by atoms with van der Waals surface area (Å²) in [5.74, 6) is -0.0202. The Morgan fingerprint density at radius 1 is 1.04 bits per heavy atom. The highest BCUT2D eigenvalue weighted by atomic mass is 32.2. The van der Waals surface area contributed by atoms with Gasteiger partial charge in [0.2, 0.25) is 5.91 Å². The molecule has 0 aliphatic heterocycles. The highest BCUT2D eigenvalue weighted by Gasteiger charge is 2.03. The van der Waals surface area contributed by atoms with Crippen molar-refractivity contribution in [3.05, 3.63) is 71.8 Å². The van der Waals surface area contributed by atoms with Crippen molar-refractivity contribution in [2.45, 2.75) is 37.6 Å². The third-order valence-corrected chi connectivity index (χ3v) is 5.43. The van der Waals surface area contributed by atoms with Crippen LogP contribution in [0.15, 0.2) is 65.6 Å². The third-order valence-electron chi connectivity index (χ3n) is 4.69. The van der Waals surface area contributed by atoms with Gasteiger partial charge in [-0.15, -0.1) is 11.8 Å². The molecule has 1 amide bonds. The molecule has 0 aliphatic rings. The molecule has 0 bridgehead atoms. The van der Waals surface area contributed by atoms with Crippen LogP contribution in [0, 0.1) is 0 Å². The number of unbranched alkanes of at least 4 members (excludes halogenated alkanes) is 2. The van der Waals surface area contributed by atoms with E-state index in [0.717, 1.165) is 51.0 Å². The summed E-state index contributed by atoms with van der Waals surface area (Å²) in [4.78, 5) is 15.6. The van der Waals surface area contributed by atoms with E-state index < -0.39 is 0 Å². The maximum atomic E-state index is 11.9. The Morgan fingerprint density at radius 2 is 1.79 bits per heavy atom. The van der Waals surface area contributed by atoms with Gasteiger partial charge in [0.15, 0.2) is 0 Å². The number of hydrogen-bond acceptors (Lipinski definition) is 3. The first-order valence-corrected chi connectivity index (χ1v) is 11.3. The Morgan fingerprint density at radius 3 is 2.46 bits per heavy atom. The van der Waals surface area contributed by atoms with Gasteiger partial charge in [0, 0.05) is 24.1 Å². The predicted molar refractivity (Wildman–Crippen MR) is 122 cm³/mol. The van der Waals surface area contributed by atoms with Gasteiger partial charge in [-0.3, -0.25) is 9.69 Å². The number of amides is 1. The fraction of sp³-hybridized carbons (Fsp3) is 0.375. The van der Waals surface area contributed by atoms with Crippen LogP contribution in [0.25, 0.3) is 6.08 Å². The molecular formula is C24H32N2OS. The highest BCUT2D eigenvalue weighted by Crippen LogP contribution is 2.15. The average Bonchev–Trinajstić information content (AvgIpc) is 2.74. The topological polar surface area (TPSA) is 32.3 Å². The molecule has 0 saturated heterocycles. The smallest absolute Gasteiger partial charge is 0.243 e. The molecule has 0 unspecified atom stereocenters. The molecule has 0 saturated carbocycles. The minimum atomic E-state index is -0.0202. The minimum Gasteiger partial charge on any atom is -0.353 e. The molecular weight excluding hydrogens is 364 g/mol. The molecule has 4 heteroatoms. The fourth-order valence-corrected chi connectivity index (χ4v) is 3.39. The molecule has 0 spiro atoms. The maximum absolute atomic E-state index is 11.9. The molecule has 0 fully saturated rings. The van der Waals surface area contributed by atoms with E-state index in [1.165, 1.54) is 10.5 Å². The first-order chi connectivity index (χ1) is 13.7. The predicted octanol–water partition coefficient (Wildman–Crippen LogP) is 5.23. The number of carbonyl (C=O) groups is 1. The van der Waals surface area contributed by atoms with E-state index >= 15 is 0 Å². The van der Waals surface area contributed by atoms with Crippen molar-refractivity contribution in [2.24, 2.45) is 0 Å². The molecule has 0 atom stereocenters. The lowest BCUT2D eigenvalue weighted by Gasteiger charge is -2.20. The summed E-state index contributed by atoms with van der Waals surface area (Å²) in [5, 5.41) is 2.97. The van der Waals surface area contributed by atoms with Gasteiger partial charge in [0.05, 0.1) is 0 Å². The molecule has 3 nitrogen and oxygen atoms in total. The zero-order valence-corrected chi connectivity index (χ0v) is 17.9. The quantitative estimate of drug-likeness (QED) is 0.303. The summed E-state index contributed by atoms with van der Waals surface area (Å²) < 4.78 is 0. The summed E-state index contributed by atoms with van der Waals surface area (Å²) in [5.41, 5.74) is 2.41. The van der Waals surface area contributed by atoms with Gasteiger partial charge in [0.1, 0.15) is 0 Å². The second-order valence-electron chi connectivity index (χ2n) is 6.81. The Bertz CT molecular complexity index is 713. The molecule has 150 valence electrons. The molecule has 1 N–H and O–H groups in total. The standard InChI is InChI=1S/C24H32N2OS/c1-3-26(20-22-10-6-4-7-11-22)19-9-5-8-18-25-24(27)17-14-21-12-15-23(28-2)16-13-21/h4,6-7,10-17H,3,5,8-9,18-20H2,1-2H3,(H,25,27)/b17-14+. The van der Waals surface area contributed by atoms with Gasteiger partial charge in [0.25, 0.3) is 0 Å². The molecule has 0 radical (unpaired) electrons. The normalized spacial score (nSPS) is 11.2. The lowest BCUT2D eigenvalue weighted by molar-refractivity contribution is -0.116.